The predicted octanol–water partition coefficient (Wildman–Crippen LogP) is 3.94. The van der Waals surface area contributed by atoms with Gasteiger partial charge in [0.15, 0.2) is 0 Å². The van der Waals surface area contributed by atoms with Crippen LogP contribution in [0.1, 0.15) is 16.1 Å². The lowest BCUT2D eigenvalue weighted by atomic mass is 10.1. The Bertz CT molecular complexity index is 558. The molecule has 0 aliphatic heterocycles. The summed E-state index contributed by atoms with van der Waals surface area (Å²) in [6.45, 7) is 6.15. The number of nitrogens with zero attached hydrogens (tertiary/aromatic N) is 2. The van der Waals surface area contributed by atoms with Crippen LogP contribution in [0.25, 0.3) is 10.2 Å². The molecule has 2 aromatic rings. The largest absolute Gasteiger partial charge is 0.376 e. The Morgan fingerprint density at radius 3 is 2.38 bits per heavy atom. The number of halogens is 1. The smallest absolute Gasteiger partial charge is 0.126 e. The number of hydrogen-bond acceptors (Lipinski definition) is 3. The minimum Gasteiger partial charge on any atom is -0.376 e. The number of fused-ring (bicyclic) bond motifs is 1. The molecular formula is C12H15ClN2S. The van der Waals surface area contributed by atoms with Gasteiger partial charge in [-0.25, -0.2) is 4.98 Å². The summed E-state index contributed by atoms with van der Waals surface area (Å²) in [6.07, 6.45) is 0. The standard InChI is InChI=1S/C12H15ClN2S/c1-6-9-11(15(4)5)8(3)16-12(9)14-7(2)10(6)13/h1-5H3. The van der Waals surface area contributed by atoms with Gasteiger partial charge in [0.05, 0.1) is 16.4 Å². The molecule has 0 atom stereocenters. The van der Waals surface area contributed by atoms with Gasteiger partial charge in [-0.3, -0.25) is 0 Å². The lowest BCUT2D eigenvalue weighted by Crippen LogP contribution is -2.09. The molecule has 0 spiro atoms. The van der Waals surface area contributed by atoms with Crippen LogP contribution in [0.2, 0.25) is 5.02 Å². The topological polar surface area (TPSA) is 16.1 Å². The summed E-state index contributed by atoms with van der Waals surface area (Å²) >= 11 is 8.00. The lowest BCUT2D eigenvalue weighted by Gasteiger charge is -2.14. The number of thiophene rings is 1. The average molecular weight is 255 g/mol. The quantitative estimate of drug-likeness (QED) is 0.766. The van der Waals surface area contributed by atoms with Crippen LogP contribution < -0.4 is 4.90 Å². The highest BCUT2D eigenvalue weighted by molar-refractivity contribution is 7.19. The van der Waals surface area contributed by atoms with Crippen molar-refractivity contribution in [2.75, 3.05) is 19.0 Å². The zero-order chi connectivity index (χ0) is 12.0. The van der Waals surface area contributed by atoms with Crippen molar-refractivity contribution in [1.82, 2.24) is 4.98 Å². The highest BCUT2D eigenvalue weighted by atomic mass is 35.5. The fourth-order valence-electron chi connectivity index (χ4n) is 2.06. The number of anilines is 1. The van der Waals surface area contributed by atoms with E-state index in [0.29, 0.717) is 0 Å². The van der Waals surface area contributed by atoms with Crippen LogP contribution in [0.15, 0.2) is 0 Å². The van der Waals surface area contributed by atoms with Gasteiger partial charge in [0.25, 0.3) is 0 Å². The van der Waals surface area contributed by atoms with Crippen LogP contribution >= 0.6 is 22.9 Å². The second-order valence-corrected chi connectivity index (χ2v) is 5.80. The van der Waals surface area contributed by atoms with Gasteiger partial charge < -0.3 is 4.90 Å². The van der Waals surface area contributed by atoms with Gasteiger partial charge in [-0.2, -0.15) is 0 Å². The maximum Gasteiger partial charge on any atom is 0.126 e. The molecule has 0 aliphatic carbocycles. The Morgan fingerprint density at radius 2 is 1.81 bits per heavy atom. The van der Waals surface area contributed by atoms with Crippen LogP contribution in [0.4, 0.5) is 5.69 Å². The Labute approximate surface area is 105 Å². The van der Waals surface area contributed by atoms with E-state index in [1.54, 1.807) is 11.3 Å². The number of aromatic nitrogens is 1. The van der Waals surface area contributed by atoms with Crippen LogP contribution in [0.3, 0.4) is 0 Å². The normalized spacial score (nSPS) is 11.1. The van der Waals surface area contributed by atoms with Crippen LogP contribution in [0, 0.1) is 20.8 Å². The summed E-state index contributed by atoms with van der Waals surface area (Å²) in [6, 6.07) is 0. The minimum absolute atomic E-state index is 0.786. The van der Waals surface area contributed by atoms with E-state index in [9.17, 15) is 0 Å². The maximum absolute atomic E-state index is 6.27. The molecule has 0 fully saturated rings. The first kappa shape index (κ1) is 11.7. The molecule has 2 rings (SSSR count). The van der Waals surface area contributed by atoms with Crippen LogP contribution in [-0.4, -0.2) is 19.1 Å². The number of rotatable bonds is 1. The third kappa shape index (κ3) is 1.59. The molecular weight excluding hydrogens is 240 g/mol. The molecule has 0 radical (unpaired) electrons. The Balaban J connectivity index is 2.93. The number of pyridine rings is 1. The van der Waals surface area contributed by atoms with E-state index in [0.717, 1.165) is 21.1 Å². The zero-order valence-electron chi connectivity index (χ0n) is 10.2. The predicted molar refractivity (Wildman–Crippen MR) is 73.2 cm³/mol. The van der Waals surface area contributed by atoms with Gasteiger partial charge in [0.2, 0.25) is 0 Å². The zero-order valence-corrected chi connectivity index (χ0v) is 11.8. The fraction of sp³-hybridized carbons (Fsp3) is 0.417. The molecule has 2 heterocycles. The van der Waals surface area contributed by atoms with E-state index in [1.165, 1.54) is 16.0 Å². The average Bonchev–Trinajstić information content (AvgIpc) is 2.51. The molecule has 0 unspecified atom stereocenters. The van der Waals surface area contributed by atoms with Crippen molar-refractivity contribution in [2.24, 2.45) is 0 Å². The lowest BCUT2D eigenvalue weighted by molar-refractivity contribution is 1.13. The van der Waals surface area contributed by atoms with Crippen LogP contribution in [-0.2, 0) is 0 Å². The molecule has 4 heteroatoms. The Kier molecular flexibility index (Phi) is 2.84. The monoisotopic (exact) mass is 254 g/mol. The van der Waals surface area contributed by atoms with Crippen molar-refractivity contribution in [1.29, 1.82) is 0 Å². The van der Waals surface area contributed by atoms with Gasteiger partial charge in [0, 0.05) is 24.4 Å². The van der Waals surface area contributed by atoms with Crippen molar-refractivity contribution in [3.05, 3.63) is 21.2 Å². The van der Waals surface area contributed by atoms with E-state index < -0.39 is 0 Å². The summed E-state index contributed by atoms with van der Waals surface area (Å²) in [4.78, 5) is 9.07. The fourth-order valence-corrected chi connectivity index (χ4v) is 3.40. The minimum atomic E-state index is 0.786. The van der Waals surface area contributed by atoms with Crippen molar-refractivity contribution in [3.8, 4) is 0 Å². The molecule has 0 bridgehead atoms. The van der Waals surface area contributed by atoms with Gasteiger partial charge in [-0.05, 0) is 26.3 Å². The second-order valence-electron chi connectivity index (χ2n) is 4.22. The van der Waals surface area contributed by atoms with Gasteiger partial charge in [0.1, 0.15) is 4.83 Å². The summed E-state index contributed by atoms with van der Waals surface area (Å²) in [7, 11) is 4.11. The molecule has 0 saturated carbocycles. The summed E-state index contributed by atoms with van der Waals surface area (Å²) in [5, 5.41) is 1.98. The first-order valence-electron chi connectivity index (χ1n) is 5.16. The van der Waals surface area contributed by atoms with Gasteiger partial charge >= 0.3 is 0 Å². The first-order chi connectivity index (χ1) is 7.43. The van der Waals surface area contributed by atoms with Crippen LogP contribution in [0.5, 0.6) is 0 Å². The number of aryl methyl sites for hydroxylation is 3. The molecule has 0 aliphatic rings. The van der Waals surface area contributed by atoms with E-state index in [4.69, 9.17) is 11.6 Å². The Hall–Kier alpha value is -0.800. The second kappa shape index (κ2) is 3.90. The third-order valence-electron chi connectivity index (χ3n) is 2.77. The van der Waals surface area contributed by atoms with Gasteiger partial charge in [-0.1, -0.05) is 11.6 Å². The van der Waals surface area contributed by atoms with E-state index >= 15 is 0 Å². The summed E-state index contributed by atoms with van der Waals surface area (Å²) < 4.78 is 0. The third-order valence-corrected chi connectivity index (χ3v) is 4.32. The van der Waals surface area contributed by atoms with Crippen molar-refractivity contribution in [2.45, 2.75) is 20.8 Å². The first-order valence-corrected chi connectivity index (χ1v) is 6.36. The van der Waals surface area contributed by atoms with E-state index in [2.05, 4.69) is 37.8 Å². The van der Waals surface area contributed by atoms with E-state index in [-0.39, 0.29) is 0 Å². The van der Waals surface area contributed by atoms with Gasteiger partial charge in [-0.15, -0.1) is 11.3 Å². The molecule has 2 nitrogen and oxygen atoms in total. The molecule has 0 aromatic carbocycles. The molecule has 0 N–H and O–H groups in total. The summed E-state index contributed by atoms with van der Waals surface area (Å²) in [5.41, 5.74) is 3.29. The van der Waals surface area contributed by atoms with Crippen molar-refractivity contribution >= 4 is 38.8 Å². The molecule has 0 saturated heterocycles. The molecule has 2 aromatic heterocycles. The van der Waals surface area contributed by atoms with Crippen molar-refractivity contribution in [3.63, 3.8) is 0 Å². The van der Waals surface area contributed by atoms with Crippen molar-refractivity contribution < 1.29 is 0 Å². The SMILES string of the molecule is Cc1nc2sc(C)c(N(C)C)c2c(C)c1Cl. The highest BCUT2D eigenvalue weighted by Gasteiger charge is 2.17. The number of hydrogen-bond donors (Lipinski definition) is 0. The highest BCUT2D eigenvalue weighted by Crippen LogP contribution is 2.40. The maximum atomic E-state index is 6.27. The van der Waals surface area contributed by atoms with E-state index in [1.807, 2.05) is 6.92 Å². The molecule has 86 valence electrons. The molecule has 0 amide bonds. The molecule has 16 heavy (non-hydrogen) atoms. The Morgan fingerprint density at radius 1 is 1.19 bits per heavy atom. The summed E-state index contributed by atoms with van der Waals surface area (Å²) in [5.74, 6) is 0.